The zero-order valence-corrected chi connectivity index (χ0v) is 39.1. The lowest BCUT2D eigenvalue weighted by molar-refractivity contribution is 0.0988. The zero-order chi connectivity index (χ0) is 47.3. The van der Waals surface area contributed by atoms with Crippen LogP contribution in [0.1, 0.15) is 76.9 Å². The minimum absolute atomic E-state index is 0.103. The first-order valence-corrected chi connectivity index (χ1v) is 23.4. The van der Waals surface area contributed by atoms with Crippen LogP contribution in [0.5, 0.6) is 0 Å². The van der Waals surface area contributed by atoms with Gasteiger partial charge in [0.15, 0.2) is 23.2 Å². The van der Waals surface area contributed by atoms with Gasteiger partial charge in [-0.2, -0.15) is 0 Å². The summed E-state index contributed by atoms with van der Waals surface area (Å²) < 4.78 is 0. The molecule has 8 heteroatoms. The van der Waals surface area contributed by atoms with Gasteiger partial charge in [-0.25, -0.2) is 9.97 Å². The Morgan fingerprint density at radius 3 is 1.33 bits per heavy atom. The fourth-order valence-corrected chi connectivity index (χ4v) is 9.71. The number of anilines is 4. The second kappa shape index (κ2) is 17.6. The number of hydrogen-bond acceptors (Lipinski definition) is 8. The molecule has 0 N–H and O–H groups in total. The molecule has 0 saturated carbocycles. The first-order chi connectivity index (χ1) is 33.6. The maximum absolute atomic E-state index is 14.2. The van der Waals surface area contributed by atoms with Crippen molar-refractivity contribution >= 4 is 45.6 Å². The zero-order valence-electron chi connectivity index (χ0n) is 39.1. The molecule has 0 radical (unpaired) electrons. The number of hydrogen-bond donors (Lipinski definition) is 0. The Balaban J connectivity index is 1.24. The van der Waals surface area contributed by atoms with Crippen molar-refractivity contribution in [3.63, 3.8) is 0 Å². The van der Waals surface area contributed by atoms with Crippen LogP contribution < -0.4 is 9.80 Å². The van der Waals surface area contributed by atoms with Gasteiger partial charge in [0.25, 0.3) is 0 Å². The molecule has 1 aliphatic heterocycles. The topological polar surface area (TPSA) is 92.2 Å². The Kier molecular flexibility index (Phi) is 10.9. The summed E-state index contributed by atoms with van der Waals surface area (Å²) in [6, 6.07) is 54.9. The van der Waals surface area contributed by atoms with E-state index in [0.717, 1.165) is 83.9 Å². The predicted molar refractivity (Wildman–Crippen MR) is 278 cm³/mol. The first-order valence-electron chi connectivity index (χ1n) is 23.4. The van der Waals surface area contributed by atoms with Crippen molar-refractivity contribution in [3.05, 3.63) is 228 Å². The number of aromatic nitrogens is 4. The molecule has 8 nitrogen and oxygen atoms in total. The number of aryl methyl sites for hydroxylation is 1. The average molecular weight is 897 g/mol. The third-order valence-electron chi connectivity index (χ3n) is 13.1. The lowest BCUT2D eigenvalue weighted by Gasteiger charge is -2.32. The van der Waals surface area contributed by atoms with E-state index >= 15 is 0 Å². The molecule has 334 valence electrons. The number of allylic oxidation sites excluding steroid dienone is 3. The van der Waals surface area contributed by atoms with Crippen LogP contribution in [0.2, 0.25) is 0 Å². The lowest BCUT2D eigenvalue weighted by Crippen LogP contribution is -2.25. The van der Waals surface area contributed by atoms with Crippen LogP contribution in [0.3, 0.4) is 0 Å². The minimum Gasteiger partial charge on any atom is -0.288 e. The quantitative estimate of drug-likeness (QED) is 0.104. The number of nitrogens with zero attached hydrogens (tertiary/aromatic N) is 6. The van der Waals surface area contributed by atoms with Crippen LogP contribution in [0.25, 0.3) is 55.8 Å². The number of fused-ring (bicyclic) bond motifs is 3. The number of pyridine rings is 2. The van der Waals surface area contributed by atoms with E-state index in [9.17, 15) is 9.59 Å². The summed E-state index contributed by atoms with van der Waals surface area (Å²) in [6.45, 7) is 11.0. The van der Waals surface area contributed by atoms with Crippen LogP contribution in [-0.4, -0.2) is 31.5 Å². The van der Waals surface area contributed by atoms with Gasteiger partial charge in [-0.15, -0.1) is 0 Å². The van der Waals surface area contributed by atoms with Gasteiger partial charge in [-0.3, -0.25) is 29.4 Å². The van der Waals surface area contributed by atoms with Gasteiger partial charge in [0, 0.05) is 45.8 Å². The molecule has 11 rings (SSSR count). The maximum atomic E-state index is 14.2. The van der Waals surface area contributed by atoms with E-state index < -0.39 is 0 Å². The van der Waals surface area contributed by atoms with E-state index in [2.05, 4.69) is 133 Å². The van der Waals surface area contributed by atoms with Gasteiger partial charge in [-0.05, 0) is 107 Å². The van der Waals surface area contributed by atoms with Crippen molar-refractivity contribution in [2.45, 2.75) is 46.5 Å². The molecule has 9 aromatic rings. The smallest absolute Gasteiger partial charge is 0.197 e. The monoisotopic (exact) mass is 896 g/mol. The second-order valence-corrected chi connectivity index (χ2v) is 18.2. The molecular formula is C61H48N6O2. The van der Waals surface area contributed by atoms with E-state index in [0.29, 0.717) is 28.6 Å². The molecular weight excluding hydrogens is 849 g/mol. The standard InChI is InChI=1S/C61H48N6O2/c1-37(2)44-17-14-18-45(38(3)4)56(44)66-55(32-31-48-58(68)46-15-6-7-16-47(46)59(48)69)67(61-60(66)64-53-21-8-9-22-54(53)65-61)57-49(40-23-27-42(28-24-40)51-19-10-12-33-62-51)35-39(5)36-50(57)41-25-29-43(30-26-41)52-20-11-13-34-63-52/h6-38H,1-5H3/b55-32+. The van der Waals surface area contributed by atoms with Gasteiger partial charge in [0.2, 0.25) is 0 Å². The summed E-state index contributed by atoms with van der Waals surface area (Å²) in [4.78, 5) is 53.1. The molecule has 0 amide bonds. The number of ketones is 2. The number of benzene rings is 6. The summed E-state index contributed by atoms with van der Waals surface area (Å²) in [5.41, 5.74) is 15.2. The van der Waals surface area contributed by atoms with E-state index in [-0.39, 0.29) is 29.0 Å². The Bertz CT molecular complexity index is 3380. The number of rotatable bonds is 9. The number of Topliss-reactive ketones (excluding diaryl/α,β-unsaturated/α-hetero) is 2. The lowest BCUT2D eigenvalue weighted by atomic mass is 9.91. The summed E-state index contributed by atoms with van der Waals surface area (Å²) in [5.74, 6) is 1.56. The Morgan fingerprint density at radius 1 is 0.449 bits per heavy atom. The average Bonchev–Trinajstić information content (AvgIpc) is 3.82. The summed E-state index contributed by atoms with van der Waals surface area (Å²) in [7, 11) is 0. The molecule has 0 fully saturated rings. The van der Waals surface area contributed by atoms with Crippen molar-refractivity contribution < 1.29 is 9.59 Å². The molecule has 0 atom stereocenters. The van der Waals surface area contributed by atoms with Crippen molar-refractivity contribution in [2.75, 3.05) is 9.80 Å². The van der Waals surface area contributed by atoms with Gasteiger partial charge in [0.05, 0.1) is 39.4 Å². The van der Waals surface area contributed by atoms with Gasteiger partial charge in [0.1, 0.15) is 5.82 Å². The highest BCUT2D eigenvalue weighted by molar-refractivity contribution is 6.39. The van der Waals surface area contributed by atoms with Crippen LogP contribution in [0, 0.1) is 6.92 Å². The highest BCUT2D eigenvalue weighted by Crippen LogP contribution is 2.55. The summed E-state index contributed by atoms with van der Waals surface area (Å²) in [5, 5.41) is 0. The van der Waals surface area contributed by atoms with Crippen molar-refractivity contribution in [1.29, 1.82) is 0 Å². The molecule has 0 spiro atoms. The van der Waals surface area contributed by atoms with Crippen molar-refractivity contribution in [3.8, 4) is 44.8 Å². The highest BCUT2D eigenvalue weighted by Gasteiger charge is 2.42. The molecule has 6 aromatic carbocycles. The highest BCUT2D eigenvalue weighted by atomic mass is 16.2. The van der Waals surface area contributed by atoms with E-state index in [1.165, 1.54) is 0 Å². The van der Waals surface area contributed by atoms with E-state index in [4.69, 9.17) is 9.97 Å². The van der Waals surface area contributed by atoms with Crippen LogP contribution in [0.15, 0.2) is 200 Å². The van der Waals surface area contributed by atoms with Gasteiger partial charge < -0.3 is 0 Å². The molecule has 69 heavy (non-hydrogen) atoms. The fraction of sp³-hybridized carbons (Fsp3) is 0.115. The SMILES string of the molecule is Cc1cc(-c2ccc(-c3ccccn3)cc2)c(N2/C(=C/C=C3C(=O)c4ccccc4C3=O)N(c3c(C(C)C)cccc3C(C)C)c3nc4ccccc4nc32)c(-c2ccc(-c3ccccn3)cc2)c1. The molecule has 1 aliphatic carbocycles. The van der Waals surface area contributed by atoms with Gasteiger partial charge >= 0.3 is 0 Å². The first kappa shape index (κ1) is 43.0. The Hall–Kier alpha value is -8.62. The van der Waals surface area contributed by atoms with Crippen molar-refractivity contribution in [2.24, 2.45) is 0 Å². The molecule has 0 bridgehead atoms. The minimum atomic E-state index is -0.300. The molecule has 0 saturated heterocycles. The van der Waals surface area contributed by atoms with E-state index in [1.807, 2.05) is 79.1 Å². The third-order valence-corrected chi connectivity index (χ3v) is 13.1. The van der Waals surface area contributed by atoms with E-state index in [1.54, 1.807) is 30.3 Å². The molecule has 3 aromatic heterocycles. The summed E-state index contributed by atoms with van der Waals surface area (Å²) in [6.07, 6.45) is 7.25. The normalized spacial score (nSPS) is 13.8. The van der Waals surface area contributed by atoms with Crippen LogP contribution in [-0.2, 0) is 0 Å². The molecule has 2 aliphatic rings. The largest absolute Gasteiger partial charge is 0.288 e. The maximum Gasteiger partial charge on any atom is 0.197 e. The summed E-state index contributed by atoms with van der Waals surface area (Å²) >= 11 is 0. The predicted octanol–water partition coefficient (Wildman–Crippen LogP) is 14.8. The van der Waals surface area contributed by atoms with Gasteiger partial charge in [-0.1, -0.05) is 143 Å². The Labute approximate surface area is 402 Å². The molecule has 4 heterocycles. The number of para-hydroxylation sites is 3. The fourth-order valence-electron chi connectivity index (χ4n) is 9.71. The molecule has 0 unspecified atom stereocenters. The number of carbonyl (C=O) groups excluding carboxylic acids is 2. The van der Waals surface area contributed by atoms with Crippen molar-refractivity contribution in [1.82, 2.24) is 19.9 Å². The number of carbonyl (C=O) groups is 2. The van der Waals surface area contributed by atoms with Crippen LogP contribution >= 0.6 is 0 Å². The Morgan fingerprint density at radius 2 is 0.884 bits per heavy atom. The van der Waals surface area contributed by atoms with Crippen LogP contribution in [0.4, 0.5) is 23.0 Å². The third kappa shape index (κ3) is 7.60. The second-order valence-electron chi connectivity index (χ2n) is 18.2.